The third kappa shape index (κ3) is 3.74. The fraction of sp³-hybridized carbons (Fsp3) is 0.750. The lowest BCUT2D eigenvalue weighted by molar-refractivity contribution is 0.0384. The molecule has 0 aromatic carbocycles. The molecule has 1 fully saturated rings. The van der Waals surface area contributed by atoms with Gasteiger partial charge in [0.1, 0.15) is 0 Å². The van der Waals surface area contributed by atoms with Gasteiger partial charge in [0.25, 0.3) is 0 Å². The first kappa shape index (κ1) is 13.0. The van der Waals surface area contributed by atoms with Gasteiger partial charge in [-0.15, -0.1) is 11.3 Å². The lowest BCUT2D eigenvalue weighted by Gasteiger charge is -2.25. The number of ether oxygens (including phenoxy) is 1. The van der Waals surface area contributed by atoms with E-state index in [1.54, 1.807) is 11.3 Å². The van der Waals surface area contributed by atoms with E-state index in [1.807, 2.05) is 6.20 Å². The van der Waals surface area contributed by atoms with E-state index in [9.17, 15) is 0 Å². The SMILES string of the molecule is CC(CN)c1cnc(CCN2CCOCC2)s1. The molecule has 0 spiro atoms. The van der Waals surface area contributed by atoms with Crippen molar-refractivity contribution in [2.75, 3.05) is 39.4 Å². The summed E-state index contributed by atoms with van der Waals surface area (Å²) in [7, 11) is 0. The molecule has 17 heavy (non-hydrogen) atoms. The van der Waals surface area contributed by atoms with E-state index in [2.05, 4.69) is 16.8 Å². The maximum Gasteiger partial charge on any atom is 0.0940 e. The fourth-order valence-corrected chi connectivity index (χ4v) is 2.84. The summed E-state index contributed by atoms with van der Waals surface area (Å²) in [5.41, 5.74) is 5.66. The van der Waals surface area contributed by atoms with E-state index in [0.29, 0.717) is 12.5 Å². The molecule has 2 heterocycles. The highest BCUT2D eigenvalue weighted by molar-refractivity contribution is 7.11. The van der Waals surface area contributed by atoms with Crippen molar-refractivity contribution >= 4 is 11.3 Å². The van der Waals surface area contributed by atoms with Gasteiger partial charge < -0.3 is 10.5 Å². The average Bonchev–Trinajstić information content (AvgIpc) is 2.85. The van der Waals surface area contributed by atoms with E-state index < -0.39 is 0 Å². The molecule has 0 radical (unpaired) electrons. The summed E-state index contributed by atoms with van der Waals surface area (Å²) in [6.45, 7) is 7.78. The summed E-state index contributed by atoms with van der Waals surface area (Å²) >= 11 is 1.81. The molecular formula is C12H21N3OS. The molecule has 4 nitrogen and oxygen atoms in total. The zero-order chi connectivity index (χ0) is 12.1. The minimum absolute atomic E-state index is 0.435. The lowest BCUT2D eigenvalue weighted by atomic mass is 10.2. The van der Waals surface area contributed by atoms with Crippen LogP contribution >= 0.6 is 11.3 Å². The molecule has 0 bridgehead atoms. The summed E-state index contributed by atoms with van der Waals surface area (Å²) in [4.78, 5) is 8.23. The molecule has 1 aliphatic heterocycles. The van der Waals surface area contributed by atoms with Gasteiger partial charge in [0, 0.05) is 43.0 Å². The predicted octanol–water partition coefficient (Wildman–Crippen LogP) is 1.08. The van der Waals surface area contributed by atoms with E-state index in [1.165, 1.54) is 9.88 Å². The van der Waals surface area contributed by atoms with Crippen molar-refractivity contribution in [3.63, 3.8) is 0 Å². The Morgan fingerprint density at radius 1 is 1.53 bits per heavy atom. The molecule has 1 aromatic heterocycles. The molecule has 1 aromatic rings. The molecule has 2 rings (SSSR count). The molecular weight excluding hydrogens is 234 g/mol. The number of thiazole rings is 1. The first-order valence-corrected chi connectivity index (χ1v) is 7.06. The molecule has 96 valence electrons. The van der Waals surface area contributed by atoms with E-state index in [-0.39, 0.29) is 0 Å². The van der Waals surface area contributed by atoms with Crippen molar-refractivity contribution in [2.24, 2.45) is 5.73 Å². The van der Waals surface area contributed by atoms with Crippen molar-refractivity contribution in [1.29, 1.82) is 0 Å². The number of hydrogen-bond acceptors (Lipinski definition) is 5. The topological polar surface area (TPSA) is 51.4 Å². The Bertz CT molecular complexity index is 336. The van der Waals surface area contributed by atoms with E-state index in [4.69, 9.17) is 10.5 Å². The van der Waals surface area contributed by atoms with Gasteiger partial charge in [0.05, 0.1) is 18.2 Å². The van der Waals surface area contributed by atoms with Crippen LogP contribution in [0.3, 0.4) is 0 Å². The molecule has 0 aliphatic carbocycles. The number of rotatable bonds is 5. The highest BCUT2D eigenvalue weighted by atomic mass is 32.1. The summed E-state index contributed by atoms with van der Waals surface area (Å²) in [6.07, 6.45) is 3.03. The molecule has 5 heteroatoms. The number of nitrogens with zero attached hydrogens (tertiary/aromatic N) is 2. The quantitative estimate of drug-likeness (QED) is 0.855. The number of nitrogens with two attached hydrogens (primary N) is 1. The zero-order valence-corrected chi connectivity index (χ0v) is 11.2. The van der Waals surface area contributed by atoms with Crippen molar-refractivity contribution in [3.8, 4) is 0 Å². The predicted molar refractivity (Wildman–Crippen MR) is 70.5 cm³/mol. The van der Waals surface area contributed by atoms with Crippen molar-refractivity contribution in [3.05, 3.63) is 16.1 Å². The van der Waals surface area contributed by atoms with Gasteiger partial charge in [-0.25, -0.2) is 4.98 Å². The van der Waals surface area contributed by atoms with Gasteiger partial charge in [-0.05, 0) is 6.54 Å². The highest BCUT2D eigenvalue weighted by Crippen LogP contribution is 2.22. The van der Waals surface area contributed by atoms with Crippen LogP contribution in [-0.4, -0.2) is 49.3 Å². The largest absolute Gasteiger partial charge is 0.379 e. The summed E-state index contributed by atoms with van der Waals surface area (Å²) in [5.74, 6) is 0.435. The van der Waals surface area contributed by atoms with Gasteiger partial charge in [0.2, 0.25) is 0 Å². The van der Waals surface area contributed by atoms with Crippen LogP contribution in [-0.2, 0) is 11.2 Å². The van der Waals surface area contributed by atoms with Crippen molar-refractivity contribution in [2.45, 2.75) is 19.3 Å². The standard InChI is InChI=1S/C12H21N3OS/c1-10(8-13)11-9-14-12(17-11)2-3-15-4-6-16-7-5-15/h9-10H,2-8,13H2,1H3. The number of aromatic nitrogens is 1. The normalized spacial score (nSPS) is 19.4. The third-order valence-corrected chi connectivity index (χ3v) is 4.44. The molecule has 2 N–H and O–H groups in total. The molecule has 0 saturated carbocycles. The van der Waals surface area contributed by atoms with E-state index >= 15 is 0 Å². The van der Waals surface area contributed by atoms with Crippen LogP contribution in [0.25, 0.3) is 0 Å². The molecule has 1 aliphatic rings. The maximum absolute atomic E-state index is 5.66. The Labute approximate surface area is 107 Å². The molecule has 1 unspecified atom stereocenters. The molecule has 0 amide bonds. The van der Waals surface area contributed by atoms with Gasteiger partial charge in [-0.3, -0.25) is 4.90 Å². The van der Waals surface area contributed by atoms with Crippen LogP contribution in [0.5, 0.6) is 0 Å². The zero-order valence-electron chi connectivity index (χ0n) is 10.4. The van der Waals surface area contributed by atoms with Gasteiger partial charge in [-0.1, -0.05) is 6.92 Å². The highest BCUT2D eigenvalue weighted by Gasteiger charge is 2.12. The number of morpholine rings is 1. The minimum atomic E-state index is 0.435. The third-order valence-electron chi connectivity index (χ3n) is 3.16. The molecule has 1 saturated heterocycles. The summed E-state index contributed by atoms with van der Waals surface area (Å²) in [6, 6.07) is 0. The lowest BCUT2D eigenvalue weighted by Crippen LogP contribution is -2.37. The average molecular weight is 255 g/mol. The smallest absolute Gasteiger partial charge is 0.0940 e. The van der Waals surface area contributed by atoms with Crippen LogP contribution in [0.2, 0.25) is 0 Å². The van der Waals surface area contributed by atoms with Crippen molar-refractivity contribution in [1.82, 2.24) is 9.88 Å². The Hall–Kier alpha value is -0.490. The monoisotopic (exact) mass is 255 g/mol. The van der Waals surface area contributed by atoms with Crippen molar-refractivity contribution < 1.29 is 4.74 Å². The number of hydrogen-bond donors (Lipinski definition) is 1. The second-order valence-electron chi connectivity index (χ2n) is 4.50. The Kier molecular flexibility index (Phi) is 4.91. The fourth-order valence-electron chi connectivity index (χ4n) is 1.86. The first-order valence-electron chi connectivity index (χ1n) is 6.24. The van der Waals surface area contributed by atoms with Crippen LogP contribution in [0.15, 0.2) is 6.20 Å². The Morgan fingerprint density at radius 3 is 3.00 bits per heavy atom. The minimum Gasteiger partial charge on any atom is -0.379 e. The van der Waals surface area contributed by atoms with Crippen LogP contribution in [0, 0.1) is 0 Å². The van der Waals surface area contributed by atoms with Crippen LogP contribution in [0.1, 0.15) is 22.7 Å². The van der Waals surface area contributed by atoms with Gasteiger partial charge in [0.15, 0.2) is 0 Å². The van der Waals surface area contributed by atoms with Gasteiger partial charge in [-0.2, -0.15) is 0 Å². The van der Waals surface area contributed by atoms with Crippen LogP contribution in [0.4, 0.5) is 0 Å². The molecule has 1 atom stereocenters. The summed E-state index contributed by atoms with van der Waals surface area (Å²) < 4.78 is 5.33. The van der Waals surface area contributed by atoms with Gasteiger partial charge >= 0.3 is 0 Å². The Balaban J connectivity index is 1.80. The van der Waals surface area contributed by atoms with Crippen LogP contribution < -0.4 is 5.73 Å². The van der Waals surface area contributed by atoms with E-state index in [0.717, 1.165) is 39.3 Å². The first-order chi connectivity index (χ1) is 8.29. The second kappa shape index (κ2) is 6.44. The summed E-state index contributed by atoms with van der Waals surface area (Å²) in [5, 5.41) is 1.23. The Morgan fingerprint density at radius 2 is 2.29 bits per heavy atom. The maximum atomic E-state index is 5.66. The second-order valence-corrected chi connectivity index (χ2v) is 5.64.